The molecule has 1 aliphatic heterocycles. The van der Waals surface area contributed by atoms with Crippen molar-refractivity contribution in [3.8, 4) is 0 Å². The molecule has 0 aliphatic carbocycles. The monoisotopic (exact) mass is 504 g/mol. The Morgan fingerprint density at radius 1 is 1.17 bits per heavy atom. The van der Waals surface area contributed by atoms with Crippen LogP contribution in [0.5, 0.6) is 0 Å². The SMILES string of the molecule is COC[C@H]1CCCN1C(=O)c1cc2nccc(N(C(C)=O)c3ccc4c(c3)cc(C)n4C(C)=O)c2s1. The summed E-state index contributed by atoms with van der Waals surface area (Å²) in [7, 11) is 1.65. The fourth-order valence-electron chi connectivity index (χ4n) is 5.20. The first-order chi connectivity index (χ1) is 17.3. The summed E-state index contributed by atoms with van der Waals surface area (Å²) >= 11 is 1.36. The van der Waals surface area contributed by atoms with Gasteiger partial charge in [0, 0.05) is 50.5 Å². The highest BCUT2D eigenvalue weighted by atomic mass is 32.1. The molecule has 2 amide bonds. The molecule has 4 aromatic rings. The van der Waals surface area contributed by atoms with Gasteiger partial charge in [-0.2, -0.15) is 0 Å². The van der Waals surface area contributed by atoms with E-state index in [1.54, 1.807) is 28.8 Å². The molecule has 5 rings (SSSR count). The van der Waals surface area contributed by atoms with Crippen LogP contribution < -0.4 is 4.90 Å². The molecule has 1 aliphatic rings. The molecule has 8 nitrogen and oxygen atoms in total. The van der Waals surface area contributed by atoms with Crippen molar-refractivity contribution >= 4 is 61.6 Å². The fourth-order valence-corrected chi connectivity index (χ4v) is 6.28. The summed E-state index contributed by atoms with van der Waals surface area (Å²) in [4.78, 5) is 47.0. The third-order valence-electron chi connectivity index (χ3n) is 6.70. The van der Waals surface area contributed by atoms with E-state index in [1.807, 2.05) is 42.2 Å². The van der Waals surface area contributed by atoms with Crippen LogP contribution in [0, 0.1) is 6.92 Å². The van der Waals surface area contributed by atoms with Gasteiger partial charge in [-0.25, -0.2) is 0 Å². The molecule has 9 heteroatoms. The van der Waals surface area contributed by atoms with Crippen molar-refractivity contribution in [3.63, 3.8) is 0 Å². The van der Waals surface area contributed by atoms with Crippen LogP contribution in [0.1, 0.15) is 46.8 Å². The summed E-state index contributed by atoms with van der Waals surface area (Å²) < 4.78 is 7.75. The number of likely N-dealkylation sites (tertiary alicyclic amines) is 1. The number of benzene rings is 1. The van der Waals surface area contributed by atoms with Crippen molar-refractivity contribution in [3.05, 3.63) is 53.2 Å². The number of hydrogen-bond donors (Lipinski definition) is 0. The average molecular weight is 505 g/mol. The summed E-state index contributed by atoms with van der Waals surface area (Å²) in [5, 5.41) is 0.872. The van der Waals surface area contributed by atoms with E-state index in [1.165, 1.54) is 25.2 Å². The van der Waals surface area contributed by atoms with Crippen LogP contribution in [0.25, 0.3) is 21.1 Å². The third-order valence-corrected chi connectivity index (χ3v) is 7.83. The van der Waals surface area contributed by atoms with E-state index >= 15 is 0 Å². The van der Waals surface area contributed by atoms with Gasteiger partial charge in [0.15, 0.2) is 0 Å². The fraction of sp³-hybridized carbons (Fsp3) is 0.333. The van der Waals surface area contributed by atoms with Crippen LogP contribution in [-0.2, 0) is 9.53 Å². The highest BCUT2D eigenvalue weighted by Gasteiger charge is 2.31. The number of nitrogens with zero attached hydrogens (tertiary/aromatic N) is 4. The van der Waals surface area contributed by atoms with Crippen LogP contribution in [0.4, 0.5) is 11.4 Å². The molecule has 186 valence electrons. The zero-order chi connectivity index (χ0) is 25.6. The van der Waals surface area contributed by atoms with Crippen molar-refractivity contribution in [1.82, 2.24) is 14.5 Å². The topological polar surface area (TPSA) is 84.7 Å². The molecule has 0 spiro atoms. The molecule has 1 aromatic carbocycles. The summed E-state index contributed by atoms with van der Waals surface area (Å²) in [6, 6.07) is 11.2. The number of carbonyl (C=O) groups excluding carboxylic acids is 3. The molecular weight excluding hydrogens is 476 g/mol. The van der Waals surface area contributed by atoms with Gasteiger partial charge in [-0.05, 0) is 56.2 Å². The number of carbonyl (C=O) groups is 3. The van der Waals surface area contributed by atoms with Gasteiger partial charge < -0.3 is 9.64 Å². The lowest BCUT2D eigenvalue weighted by Gasteiger charge is -2.23. The van der Waals surface area contributed by atoms with Crippen LogP contribution >= 0.6 is 11.3 Å². The van der Waals surface area contributed by atoms with Crippen molar-refractivity contribution in [1.29, 1.82) is 0 Å². The van der Waals surface area contributed by atoms with E-state index in [2.05, 4.69) is 4.98 Å². The standard InChI is InChI=1S/C27H28N4O4S/c1-16-12-19-13-20(7-8-23(19)30(16)17(2)32)31(18(3)33)24-9-10-28-22-14-25(36-26(22)24)27(34)29-11-5-6-21(29)15-35-4/h7-10,12-14,21H,5-6,11,15H2,1-4H3/t21-/m1/s1. The maximum Gasteiger partial charge on any atom is 0.264 e. The number of fused-ring (bicyclic) bond motifs is 2. The predicted octanol–water partition coefficient (Wildman–Crippen LogP) is 5.16. The molecule has 4 heterocycles. The van der Waals surface area contributed by atoms with E-state index < -0.39 is 0 Å². The zero-order valence-electron chi connectivity index (χ0n) is 20.8. The minimum Gasteiger partial charge on any atom is -0.383 e. The molecule has 1 fully saturated rings. The normalized spacial score (nSPS) is 15.7. The second-order valence-electron chi connectivity index (χ2n) is 9.14. The lowest BCUT2D eigenvalue weighted by atomic mass is 10.2. The Kier molecular flexibility index (Phi) is 6.36. The number of thiophene rings is 1. The summed E-state index contributed by atoms with van der Waals surface area (Å²) in [6.07, 6.45) is 3.55. The van der Waals surface area contributed by atoms with E-state index in [4.69, 9.17) is 4.74 Å². The van der Waals surface area contributed by atoms with Gasteiger partial charge in [0.1, 0.15) is 0 Å². The van der Waals surface area contributed by atoms with E-state index in [0.29, 0.717) is 34.9 Å². The number of methoxy groups -OCH3 is 1. The summed E-state index contributed by atoms with van der Waals surface area (Å²) in [5.74, 6) is -0.248. The molecule has 0 N–H and O–H groups in total. The van der Waals surface area contributed by atoms with Gasteiger partial charge in [-0.15, -0.1) is 11.3 Å². The second kappa shape index (κ2) is 9.48. The first kappa shape index (κ1) is 24.1. The largest absolute Gasteiger partial charge is 0.383 e. The Morgan fingerprint density at radius 3 is 2.69 bits per heavy atom. The minimum absolute atomic E-state index is 0.0275. The van der Waals surface area contributed by atoms with Gasteiger partial charge in [-0.1, -0.05) is 0 Å². The number of pyridine rings is 1. The molecule has 0 radical (unpaired) electrons. The minimum atomic E-state index is -0.162. The summed E-state index contributed by atoms with van der Waals surface area (Å²) in [5.41, 5.74) is 3.67. The van der Waals surface area contributed by atoms with Crippen molar-refractivity contribution < 1.29 is 19.1 Å². The zero-order valence-corrected chi connectivity index (χ0v) is 21.6. The third kappa shape index (κ3) is 4.08. The summed E-state index contributed by atoms with van der Waals surface area (Å²) in [6.45, 7) is 6.16. The van der Waals surface area contributed by atoms with Crippen molar-refractivity contribution in [2.24, 2.45) is 0 Å². The Morgan fingerprint density at radius 2 is 1.97 bits per heavy atom. The van der Waals surface area contributed by atoms with Crippen LogP contribution in [0.2, 0.25) is 0 Å². The maximum atomic E-state index is 13.4. The quantitative estimate of drug-likeness (QED) is 0.375. The van der Waals surface area contributed by atoms with Crippen molar-refractivity contribution in [2.75, 3.05) is 25.2 Å². The highest BCUT2D eigenvalue weighted by Crippen LogP contribution is 2.38. The van der Waals surface area contributed by atoms with Crippen LogP contribution in [-0.4, -0.2) is 58.5 Å². The second-order valence-corrected chi connectivity index (χ2v) is 10.2. The Labute approximate surface area is 213 Å². The van der Waals surface area contributed by atoms with Gasteiger partial charge in [-0.3, -0.25) is 28.8 Å². The first-order valence-corrected chi connectivity index (χ1v) is 12.7. The first-order valence-electron chi connectivity index (χ1n) is 11.9. The van der Waals surface area contributed by atoms with E-state index in [-0.39, 0.29) is 23.8 Å². The highest BCUT2D eigenvalue weighted by molar-refractivity contribution is 7.21. The molecule has 3 aromatic heterocycles. The van der Waals surface area contributed by atoms with Crippen LogP contribution in [0.3, 0.4) is 0 Å². The average Bonchev–Trinajstić information content (AvgIpc) is 3.54. The molecule has 0 saturated carbocycles. The number of amides is 2. The Hall–Kier alpha value is -3.56. The van der Waals surface area contributed by atoms with Gasteiger partial charge in [0.25, 0.3) is 5.91 Å². The molecule has 0 unspecified atom stereocenters. The van der Waals surface area contributed by atoms with Gasteiger partial charge in [0.05, 0.1) is 38.9 Å². The van der Waals surface area contributed by atoms with Gasteiger partial charge in [0.2, 0.25) is 11.8 Å². The number of aryl methyl sites for hydroxylation is 1. The van der Waals surface area contributed by atoms with E-state index in [9.17, 15) is 14.4 Å². The molecule has 36 heavy (non-hydrogen) atoms. The molecule has 1 atom stereocenters. The molecule has 0 bridgehead atoms. The Bertz CT molecular complexity index is 1500. The van der Waals surface area contributed by atoms with E-state index in [0.717, 1.165) is 34.1 Å². The maximum absolute atomic E-state index is 13.4. The van der Waals surface area contributed by atoms with Crippen molar-refractivity contribution in [2.45, 2.75) is 39.7 Å². The lowest BCUT2D eigenvalue weighted by molar-refractivity contribution is -0.115. The number of rotatable bonds is 5. The number of aromatic nitrogens is 2. The molecular formula is C27H28N4O4S. The lowest BCUT2D eigenvalue weighted by Crippen LogP contribution is -2.37. The Balaban J connectivity index is 1.57. The number of hydrogen-bond acceptors (Lipinski definition) is 6. The smallest absolute Gasteiger partial charge is 0.264 e. The predicted molar refractivity (Wildman–Crippen MR) is 141 cm³/mol. The number of anilines is 2. The van der Waals surface area contributed by atoms with Gasteiger partial charge >= 0.3 is 0 Å². The number of ether oxygens (including phenoxy) is 1. The molecule has 1 saturated heterocycles. The van der Waals surface area contributed by atoms with Crippen LogP contribution in [0.15, 0.2) is 42.6 Å².